The fourth-order valence-electron chi connectivity index (χ4n) is 3.77. The molecule has 188 valence electrons. The van der Waals surface area contributed by atoms with Gasteiger partial charge in [-0.25, -0.2) is 8.42 Å². The summed E-state index contributed by atoms with van der Waals surface area (Å²) in [6.07, 6.45) is 10.9. The third-order valence-electron chi connectivity index (χ3n) is 5.51. The maximum absolute atomic E-state index is 13.2. The van der Waals surface area contributed by atoms with Gasteiger partial charge in [-0.2, -0.15) is 8.42 Å². The van der Waals surface area contributed by atoms with Crippen LogP contribution in [0.15, 0.2) is 60.7 Å². The van der Waals surface area contributed by atoms with Crippen LogP contribution in [-0.4, -0.2) is 28.0 Å². The van der Waals surface area contributed by atoms with Gasteiger partial charge in [-0.05, 0) is 17.5 Å². The van der Waals surface area contributed by atoms with Crippen molar-refractivity contribution in [2.75, 3.05) is 6.61 Å². The molecule has 0 bridgehead atoms. The van der Waals surface area contributed by atoms with E-state index in [9.17, 15) is 21.4 Å². The van der Waals surface area contributed by atoms with E-state index in [2.05, 4.69) is 6.92 Å². The van der Waals surface area contributed by atoms with Crippen LogP contribution in [0.5, 0.6) is 0 Å². The van der Waals surface area contributed by atoms with Gasteiger partial charge in [-0.1, -0.05) is 125 Å². The molecule has 0 N–H and O–H groups in total. The molecule has 35 heavy (non-hydrogen) atoms. The zero-order valence-electron chi connectivity index (χ0n) is 20.8. The number of hydrogen-bond donors (Lipinski definition) is 0. The van der Waals surface area contributed by atoms with Crippen molar-refractivity contribution in [2.24, 2.45) is 0 Å². The number of benzene rings is 2. The summed E-state index contributed by atoms with van der Waals surface area (Å²) in [6, 6.07) is 15.2. The molecule has 0 atom stereocenters. The molecule has 2 aromatic rings. The van der Waals surface area contributed by atoms with Gasteiger partial charge in [0.15, 0.2) is 0 Å². The molecule has 2 rings (SSSR count). The van der Waals surface area contributed by atoms with Gasteiger partial charge in [0.2, 0.25) is 0 Å². The van der Waals surface area contributed by atoms with Gasteiger partial charge < -0.3 is 4.55 Å². The van der Waals surface area contributed by atoms with Crippen molar-refractivity contribution in [3.8, 4) is 0 Å². The zero-order chi connectivity index (χ0) is 24.9. The molecule has 0 spiro atoms. The summed E-state index contributed by atoms with van der Waals surface area (Å²) in [5, 5.41) is 0. The second kappa shape index (κ2) is 16.7. The number of rotatable bonds is 16. The monoisotopic (exact) mass is 530 g/mol. The third kappa shape index (κ3) is 11.3. The fraction of sp³-hybridized carbons (Fsp3) is 0.462. The van der Waals surface area contributed by atoms with Crippen LogP contribution in [0.3, 0.4) is 0 Å². The first-order valence-corrected chi connectivity index (χ1v) is 14.8. The number of hydrogen-bond acceptors (Lipinski definition) is 6. The molecule has 0 fully saturated rings. The Bertz CT molecular complexity index is 1100. The summed E-state index contributed by atoms with van der Waals surface area (Å²) in [6.45, 7) is 2.12. The average Bonchev–Trinajstić information content (AvgIpc) is 2.81. The first-order valence-electron chi connectivity index (χ1n) is 12.0. The molecule has 0 aliphatic carbocycles. The molecule has 0 saturated heterocycles. The van der Waals surface area contributed by atoms with Crippen molar-refractivity contribution in [2.45, 2.75) is 71.1 Å². The van der Waals surface area contributed by atoms with Gasteiger partial charge in [0.1, 0.15) is 15.0 Å². The van der Waals surface area contributed by atoms with Crippen LogP contribution in [0.25, 0.3) is 9.81 Å². The quantitative estimate of drug-likeness (QED) is 0.109. The second-order valence-electron chi connectivity index (χ2n) is 8.30. The van der Waals surface area contributed by atoms with E-state index in [0.29, 0.717) is 6.42 Å². The summed E-state index contributed by atoms with van der Waals surface area (Å²) >= 11 is 0. The van der Waals surface area contributed by atoms with Crippen LogP contribution in [0.4, 0.5) is 0 Å². The summed E-state index contributed by atoms with van der Waals surface area (Å²) in [4.78, 5) is -1.43. The van der Waals surface area contributed by atoms with Crippen molar-refractivity contribution in [1.29, 1.82) is 0 Å². The smallest absolute Gasteiger partial charge is 0.744 e. The Morgan fingerprint density at radius 1 is 0.657 bits per heavy atom. The first kappa shape index (κ1) is 32.0. The maximum atomic E-state index is 13.2. The van der Waals surface area contributed by atoms with Crippen molar-refractivity contribution in [3.05, 3.63) is 71.8 Å². The summed E-state index contributed by atoms with van der Waals surface area (Å²) in [5.41, 5.74) is 0.0892. The maximum Gasteiger partial charge on any atom is 1.00 e. The van der Waals surface area contributed by atoms with Gasteiger partial charge in [-0.15, -0.1) is 0 Å². The zero-order valence-corrected chi connectivity index (χ0v) is 24.5. The van der Waals surface area contributed by atoms with Crippen molar-refractivity contribution in [3.63, 3.8) is 0 Å². The van der Waals surface area contributed by atoms with Gasteiger partial charge in [-0.3, -0.25) is 4.18 Å². The minimum Gasteiger partial charge on any atom is -0.744 e. The third-order valence-corrected chi connectivity index (χ3v) is 8.00. The summed E-state index contributed by atoms with van der Waals surface area (Å²) in [5.74, 6) is 0. The number of unbranched alkanes of at least 4 members (excludes halogenated alkanes) is 9. The molecule has 0 aliphatic heterocycles. The average molecular weight is 531 g/mol. The normalized spacial score (nSPS) is 12.6. The van der Waals surface area contributed by atoms with Crippen LogP contribution in [-0.2, 0) is 24.4 Å². The second-order valence-corrected chi connectivity index (χ2v) is 11.2. The van der Waals surface area contributed by atoms with E-state index in [1.54, 1.807) is 36.4 Å². The van der Waals surface area contributed by atoms with Crippen molar-refractivity contribution < 1.29 is 55.1 Å². The Balaban J connectivity index is 0.00000612. The molecule has 0 aliphatic rings. The predicted octanol–water partition coefficient (Wildman–Crippen LogP) is 3.33. The van der Waals surface area contributed by atoms with Gasteiger partial charge >= 0.3 is 29.6 Å². The Kier molecular flexibility index (Phi) is 15.3. The topological polar surface area (TPSA) is 101 Å². The van der Waals surface area contributed by atoms with E-state index < -0.39 is 30.0 Å². The van der Waals surface area contributed by atoms with Crippen LogP contribution < -0.4 is 29.6 Å². The van der Waals surface area contributed by atoms with E-state index in [-0.39, 0.29) is 47.3 Å². The Labute approximate surface area is 233 Å². The molecule has 0 unspecified atom stereocenters. The Hall–Kier alpha value is -1.000. The minimum atomic E-state index is -5.13. The van der Waals surface area contributed by atoms with Gasteiger partial charge in [0, 0.05) is 0 Å². The fourth-order valence-corrected chi connectivity index (χ4v) is 6.38. The van der Waals surface area contributed by atoms with Crippen LogP contribution in [0.2, 0.25) is 0 Å². The van der Waals surface area contributed by atoms with Crippen molar-refractivity contribution in [1.82, 2.24) is 0 Å². The SMILES string of the molecule is CCCCCCCCCCCCOS(=O)(=O)C(=C(c1ccccc1)S(=O)(=O)[O-])c1ccccc1.[Na+]. The van der Waals surface area contributed by atoms with E-state index >= 15 is 0 Å². The predicted molar refractivity (Wildman–Crippen MR) is 136 cm³/mol. The van der Waals surface area contributed by atoms with Gasteiger partial charge in [0.05, 0.1) is 11.5 Å². The molecule has 0 radical (unpaired) electrons. The molecule has 0 aromatic heterocycles. The molecular weight excluding hydrogens is 495 g/mol. The molecule has 0 saturated carbocycles. The molecule has 0 amide bonds. The largest absolute Gasteiger partial charge is 1.00 e. The summed E-state index contributed by atoms with van der Waals surface area (Å²) in [7, 11) is -9.65. The van der Waals surface area contributed by atoms with E-state index in [1.807, 2.05) is 0 Å². The minimum absolute atomic E-state index is 0. The van der Waals surface area contributed by atoms with Crippen LogP contribution in [0, 0.1) is 0 Å². The Morgan fingerprint density at radius 2 is 1.06 bits per heavy atom. The van der Waals surface area contributed by atoms with E-state index in [0.717, 1.165) is 19.3 Å². The van der Waals surface area contributed by atoms with Crippen molar-refractivity contribution >= 4 is 30.0 Å². The first-order chi connectivity index (χ1) is 16.3. The Morgan fingerprint density at radius 3 is 1.49 bits per heavy atom. The van der Waals surface area contributed by atoms with E-state index in [4.69, 9.17) is 4.18 Å². The molecule has 0 heterocycles. The van der Waals surface area contributed by atoms with Crippen LogP contribution in [0.1, 0.15) is 82.3 Å². The van der Waals surface area contributed by atoms with Crippen LogP contribution >= 0.6 is 0 Å². The molecular formula is C26H35NaO6S2. The molecule has 2 aromatic carbocycles. The van der Waals surface area contributed by atoms with Gasteiger partial charge in [0.25, 0.3) is 10.1 Å². The summed E-state index contributed by atoms with van der Waals surface area (Å²) < 4.78 is 68.2. The molecule has 9 heteroatoms. The van der Waals surface area contributed by atoms with E-state index in [1.165, 1.54) is 62.8 Å². The standard InChI is InChI=1S/C26H36O6S2.Na/c1-2-3-4-5-6-7-8-9-10-17-22-32-34(30,31)26(24-20-15-12-16-21-24)25(33(27,28)29)23-18-13-11-14-19-23;/h11-16,18-21H,2-10,17,22H2,1H3,(H,27,28,29);/q;+1/p-1. The molecule has 6 nitrogen and oxygen atoms in total.